The average Bonchev–Trinajstić information content (AvgIpc) is 3.35. The quantitative estimate of drug-likeness (QED) is 0.0211. The molecule has 1 N–H and O–H groups in total. The number of phosphoric ester groups is 1. The van der Waals surface area contributed by atoms with E-state index in [0.29, 0.717) is 17.4 Å². The summed E-state index contributed by atoms with van der Waals surface area (Å²) in [6, 6.07) is 0. The van der Waals surface area contributed by atoms with Crippen molar-refractivity contribution in [2.24, 2.45) is 0 Å². The van der Waals surface area contributed by atoms with Gasteiger partial charge in [0, 0.05) is 12.8 Å². The summed E-state index contributed by atoms with van der Waals surface area (Å²) in [5.74, 6) is -0.831. The van der Waals surface area contributed by atoms with E-state index in [1.54, 1.807) is 0 Å². The third kappa shape index (κ3) is 57.3. The van der Waals surface area contributed by atoms with Crippen molar-refractivity contribution in [3.05, 3.63) is 134 Å². The minimum absolute atomic E-state index is 0.0222. The lowest BCUT2D eigenvalue weighted by molar-refractivity contribution is -0.870. The predicted octanol–water partition coefficient (Wildman–Crippen LogP) is 17.8. The number of ether oxygens (including phenoxy) is 2. The van der Waals surface area contributed by atoms with Crippen LogP contribution in [0.5, 0.6) is 0 Å². The maximum Gasteiger partial charge on any atom is 0.472 e. The Labute approximate surface area is 447 Å². The van der Waals surface area contributed by atoms with Crippen molar-refractivity contribution in [2.45, 2.75) is 206 Å². The van der Waals surface area contributed by atoms with Gasteiger partial charge in [-0.05, 0) is 109 Å². The third-order valence-corrected chi connectivity index (χ3v) is 12.4. The molecule has 0 fully saturated rings. The van der Waals surface area contributed by atoms with Crippen LogP contribution in [-0.4, -0.2) is 74.9 Å². The van der Waals surface area contributed by atoms with Crippen LogP contribution in [0.1, 0.15) is 200 Å². The first-order valence-corrected chi connectivity index (χ1v) is 29.9. The van der Waals surface area contributed by atoms with Crippen LogP contribution in [0.15, 0.2) is 134 Å². The number of likely N-dealkylation sites (N-methyl/N-ethyl adjacent to an activating group) is 1. The van der Waals surface area contributed by atoms with Gasteiger partial charge >= 0.3 is 19.8 Å². The maximum absolute atomic E-state index is 12.8. The Morgan fingerprint density at radius 1 is 0.438 bits per heavy atom. The first-order chi connectivity index (χ1) is 35.5. The van der Waals surface area contributed by atoms with Gasteiger partial charge in [0.1, 0.15) is 19.8 Å². The summed E-state index contributed by atoms with van der Waals surface area (Å²) in [7, 11) is 1.45. The fourth-order valence-electron chi connectivity index (χ4n) is 7.04. The van der Waals surface area contributed by atoms with Crippen molar-refractivity contribution in [3.8, 4) is 0 Å². The number of phosphoric acid groups is 1. The first-order valence-electron chi connectivity index (χ1n) is 28.4. The highest BCUT2D eigenvalue weighted by Gasteiger charge is 2.27. The second-order valence-corrected chi connectivity index (χ2v) is 21.0. The Morgan fingerprint density at radius 3 is 1.18 bits per heavy atom. The number of carbonyl (C=O) groups is 2. The van der Waals surface area contributed by atoms with Crippen molar-refractivity contribution in [2.75, 3.05) is 47.5 Å². The van der Waals surface area contributed by atoms with E-state index in [2.05, 4.69) is 148 Å². The maximum atomic E-state index is 12.8. The van der Waals surface area contributed by atoms with Gasteiger partial charge in [-0.1, -0.05) is 212 Å². The molecule has 2 atom stereocenters. The molecule has 0 heterocycles. The molecule has 10 heteroatoms. The van der Waals surface area contributed by atoms with Crippen LogP contribution in [0.3, 0.4) is 0 Å². The van der Waals surface area contributed by atoms with Gasteiger partial charge in [0.2, 0.25) is 0 Å². The topological polar surface area (TPSA) is 108 Å². The van der Waals surface area contributed by atoms with E-state index in [0.717, 1.165) is 135 Å². The summed E-state index contributed by atoms with van der Waals surface area (Å²) >= 11 is 0. The van der Waals surface area contributed by atoms with E-state index in [9.17, 15) is 19.0 Å². The van der Waals surface area contributed by atoms with Crippen molar-refractivity contribution in [1.82, 2.24) is 0 Å². The van der Waals surface area contributed by atoms with Gasteiger partial charge in [-0.2, -0.15) is 0 Å². The van der Waals surface area contributed by atoms with Crippen molar-refractivity contribution < 1.29 is 42.1 Å². The average molecular weight is 1040 g/mol. The molecule has 0 bridgehead atoms. The number of allylic oxidation sites excluding steroid dienone is 22. The predicted molar refractivity (Wildman–Crippen MR) is 311 cm³/mol. The van der Waals surface area contributed by atoms with Crippen molar-refractivity contribution in [3.63, 3.8) is 0 Å². The number of esters is 2. The molecule has 0 aromatic rings. The molecule has 0 rings (SSSR count). The Morgan fingerprint density at radius 2 is 0.781 bits per heavy atom. The van der Waals surface area contributed by atoms with E-state index >= 15 is 0 Å². The standard InChI is InChI=1S/C63H104NO8P/c1-6-8-10-12-14-16-18-19-20-21-22-23-24-25-26-27-28-29-30-31-32-33-34-35-36-37-38-39-40-41-42-43-44-45-46-48-50-52-54-56-63(66)72-61(60-71-73(67,68)70-58-57-64(3,4)5)59-69-62(65)55-53-51-49-47-17-15-13-11-9-7-2/h8,10-11,13-14,16,19-20,22-23,25-26,28-29,31-32,34-35,37-38,40-41,61H,6-7,9,12,15,17-18,21,24,27,30,33,36,39,42-60H2,1-5H3/p+1/b10-8-,13-11-,16-14-,20-19-,23-22-,26-25-,29-28-,32-31-,35-34-,38-37-,41-40-. The SMILES string of the molecule is CC/C=C\C/C=C\C/C=C\C/C=C\C/C=C\C/C=C\C/C=C\C/C=C\C/C=C\C/C=C\CCCCCCCCCCC(=O)OC(COC(=O)CCCCCCC/C=C\CCC)COP(=O)(O)OCC[N+](C)(C)C. The number of carbonyl (C=O) groups excluding carboxylic acids is 2. The molecular formula is C63H105NO8P+. The Bertz CT molecular complexity index is 1690. The second-order valence-electron chi connectivity index (χ2n) is 19.6. The van der Waals surface area contributed by atoms with Crippen LogP contribution in [0.4, 0.5) is 0 Å². The lowest BCUT2D eigenvalue weighted by Gasteiger charge is -2.24. The smallest absolute Gasteiger partial charge is 0.462 e. The van der Waals surface area contributed by atoms with Gasteiger partial charge in [0.15, 0.2) is 6.10 Å². The Kier molecular flexibility index (Phi) is 50.2. The molecule has 0 radical (unpaired) electrons. The molecule has 414 valence electrons. The van der Waals surface area contributed by atoms with Crippen LogP contribution in [0, 0.1) is 0 Å². The Hall–Kier alpha value is -3.85. The van der Waals surface area contributed by atoms with E-state index in [-0.39, 0.29) is 32.0 Å². The fourth-order valence-corrected chi connectivity index (χ4v) is 7.79. The van der Waals surface area contributed by atoms with Crippen molar-refractivity contribution >= 4 is 19.8 Å². The molecule has 0 aliphatic rings. The number of unbranched alkanes of at least 4 members (excludes halogenated alkanes) is 14. The van der Waals surface area contributed by atoms with Crippen molar-refractivity contribution in [1.29, 1.82) is 0 Å². The van der Waals surface area contributed by atoms with E-state index < -0.39 is 26.5 Å². The Balaban J connectivity index is 4.09. The molecule has 0 spiro atoms. The van der Waals surface area contributed by atoms with Gasteiger partial charge in [-0.25, -0.2) is 4.57 Å². The summed E-state index contributed by atoms with van der Waals surface area (Å²) in [6.45, 7) is 4.20. The van der Waals surface area contributed by atoms with Crippen LogP contribution >= 0.6 is 7.82 Å². The van der Waals surface area contributed by atoms with Gasteiger partial charge in [0.05, 0.1) is 27.7 Å². The van der Waals surface area contributed by atoms with Gasteiger partial charge in [-0.3, -0.25) is 18.6 Å². The molecule has 73 heavy (non-hydrogen) atoms. The highest BCUT2D eigenvalue weighted by Crippen LogP contribution is 2.43. The molecule has 0 amide bonds. The van der Waals surface area contributed by atoms with Gasteiger partial charge in [-0.15, -0.1) is 0 Å². The number of hydrogen-bond donors (Lipinski definition) is 1. The number of quaternary nitrogens is 1. The fraction of sp³-hybridized carbons (Fsp3) is 0.619. The minimum atomic E-state index is -4.39. The molecule has 2 unspecified atom stereocenters. The summed E-state index contributed by atoms with van der Waals surface area (Å²) in [5.41, 5.74) is 0. The zero-order valence-corrected chi connectivity index (χ0v) is 47.7. The number of hydrogen-bond acceptors (Lipinski definition) is 7. The van der Waals surface area contributed by atoms with Crippen LogP contribution in [0.25, 0.3) is 0 Å². The zero-order chi connectivity index (χ0) is 53.5. The minimum Gasteiger partial charge on any atom is -0.462 e. The molecule has 0 aromatic heterocycles. The number of rotatable bonds is 50. The van der Waals surface area contributed by atoms with E-state index in [4.69, 9.17) is 18.5 Å². The highest BCUT2D eigenvalue weighted by atomic mass is 31.2. The zero-order valence-electron chi connectivity index (χ0n) is 46.8. The summed E-state index contributed by atoms with van der Waals surface area (Å²) in [6.07, 6.45) is 76.8. The molecule has 0 aromatic carbocycles. The molecule has 0 saturated heterocycles. The second kappa shape index (κ2) is 53.0. The molecule has 0 aliphatic carbocycles. The molecule has 9 nitrogen and oxygen atoms in total. The summed E-state index contributed by atoms with van der Waals surface area (Å²) in [4.78, 5) is 35.5. The summed E-state index contributed by atoms with van der Waals surface area (Å²) < 4.78 is 34.4. The number of nitrogens with zero attached hydrogens (tertiary/aromatic N) is 1. The molecular weight excluding hydrogens is 930 g/mol. The van der Waals surface area contributed by atoms with Crippen LogP contribution < -0.4 is 0 Å². The lowest BCUT2D eigenvalue weighted by atomic mass is 10.1. The molecule has 0 saturated carbocycles. The van der Waals surface area contributed by atoms with E-state index in [1.165, 1.54) is 32.1 Å². The van der Waals surface area contributed by atoms with Crippen LogP contribution in [-0.2, 0) is 32.7 Å². The monoisotopic (exact) mass is 1030 g/mol. The van der Waals surface area contributed by atoms with Gasteiger partial charge in [0.25, 0.3) is 0 Å². The summed E-state index contributed by atoms with van der Waals surface area (Å²) in [5, 5.41) is 0. The van der Waals surface area contributed by atoms with E-state index in [1.807, 2.05) is 21.1 Å². The van der Waals surface area contributed by atoms with Crippen LogP contribution in [0.2, 0.25) is 0 Å². The first kappa shape index (κ1) is 69.2. The normalized spacial score (nSPS) is 14.3. The third-order valence-electron chi connectivity index (χ3n) is 11.4. The highest BCUT2D eigenvalue weighted by molar-refractivity contribution is 7.47. The lowest BCUT2D eigenvalue weighted by Crippen LogP contribution is -2.37. The molecule has 0 aliphatic heterocycles. The van der Waals surface area contributed by atoms with Gasteiger partial charge < -0.3 is 18.9 Å². The largest absolute Gasteiger partial charge is 0.472 e.